The summed E-state index contributed by atoms with van der Waals surface area (Å²) in [5.41, 5.74) is 0. The smallest absolute Gasteiger partial charge is 0.333 e. The van der Waals surface area contributed by atoms with Crippen LogP contribution in [0.5, 0.6) is 0 Å². The maximum atomic E-state index is 11.4. The second-order valence-electron chi connectivity index (χ2n) is 2.47. The Kier molecular flexibility index (Phi) is 2.88. The van der Waals surface area contributed by atoms with Crippen molar-refractivity contribution < 1.29 is 23.1 Å². The summed E-state index contributed by atoms with van der Waals surface area (Å²) in [6.07, 6.45) is 0.144. The first-order valence-corrected chi connectivity index (χ1v) is 5.22. The van der Waals surface area contributed by atoms with E-state index in [2.05, 4.69) is 13.8 Å². The Bertz CT molecular complexity index is 210. The molecule has 12 heavy (non-hydrogen) atoms. The van der Waals surface area contributed by atoms with Crippen LogP contribution in [0.15, 0.2) is 0 Å². The van der Waals surface area contributed by atoms with Crippen LogP contribution in [0.1, 0.15) is 6.42 Å². The van der Waals surface area contributed by atoms with Crippen molar-refractivity contribution >= 4 is 13.6 Å². The van der Waals surface area contributed by atoms with Gasteiger partial charge in [-0.1, -0.05) is 0 Å². The van der Waals surface area contributed by atoms with Crippen molar-refractivity contribution in [3.63, 3.8) is 0 Å². The Hall–Kier alpha value is -0.380. The van der Waals surface area contributed by atoms with Gasteiger partial charge in [-0.25, -0.2) is 0 Å². The van der Waals surface area contributed by atoms with Crippen LogP contribution in [-0.4, -0.2) is 32.5 Å². The lowest BCUT2D eigenvalue weighted by Crippen LogP contribution is -2.35. The molecule has 0 amide bonds. The van der Waals surface area contributed by atoms with Crippen molar-refractivity contribution in [1.29, 1.82) is 0 Å². The van der Waals surface area contributed by atoms with Crippen LogP contribution >= 0.6 is 7.60 Å². The Morgan fingerprint density at radius 2 is 2.08 bits per heavy atom. The van der Waals surface area contributed by atoms with E-state index in [4.69, 9.17) is 0 Å². The molecule has 0 aromatic rings. The number of cyclic esters (lactones) is 1. The SMILES string of the molecule is COP(=O)(CC1CC(=O)O1)OC. The summed E-state index contributed by atoms with van der Waals surface area (Å²) in [6.45, 7) is 0. The van der Waals surface area contributed by atoms with Crippen LogP contribution in [0.3, 0.4) is 0 Å². The number of ether oxygens (including phenoxy) is 1. The van der Waals surface area contributed by atoms with E-state index in [0.29, 0.717) is 6.42 Å². The van der Waals surface area contributed by atoms with E-state index in [9.17, 15) is 9.36 Å². The third-order valence-corrected chi connectivity index (χ3v) is 3.64. The van der Waals surface area contributed by atoms with Gasteiger partial charge >= 0.3 is 13.6 Å². The lowest BCUT2D eigenvalue weighted by atomic mass is 10.2. The zero-order chi connectivity index (χ0) is 9.19. The first-order valence-electron chi connectivity index (χ1n) is 3.49. The third-order valence-electron chi connectivity index (χ3n) is 1.68. The van der Waals surface area contributed by atoms with Gasteiger partial charge in [-0.3, -0.25) is 9.36 Å². The fourth-order valence-corrected chi connectivity index (χ4v) is 2.09. The summed E-state index contributed by atoms with van der Waals surface area (Å²) in [6, 6.07) is 0. The fraction of sp³-hybridized carbons (Fsp3) is 0.833. The highest BCUT2D eigenvalue weighted by Crippen LogP contribution is 2.48. The molecule has 0 saturated carbocycles. The molecule has 1 aliphatic rings. The summed E-state index contributed by atoms with van der Waals surface area (Å²) in [5.74, 6) is -0.265. The van der Waals surface area contributed by atoms with Crippen LogP contribution in [0, 0.1) is 0 Å². The molecule has 5 nitrogen and oxygen atoms in total. The van der Waals surface area contributed by atoms with E-state index >= 15 is 0 Å². The monoisotopic (exact) mass is 194 g/mol. The molecular weight excluding hydrogens is 183 g/mol. The van der Waals surface area contributed by atoms with Crippen molar-refractivity contribution in [2.75, 3.05) is 20.4 Å². The largest absolute Gasteiger partial charge is 0.461 e. The predicted molar refractivity (Wildman–Crippen MR) is 41.0 cm³/mol. The van der Waals surface area contributed by atoms with Gasteiger partial charge in [0.2, 0.25) is 0 Å². The molecule has 0 aliphatic carbocycles. The summed E-state index contributed by atoms with van der Waals surface area (Å²) < 4.78 is 25.4. The molecule has 1 fully saturated rings. The molecule has 0 bridgehead atoms. The number of hydrogen-bond acceptors (Lipinski definition) is 5. The summed E-state index contributed by atoms with van der Waals surface area (Å²) in [5, 5.41) is 0. The molecule has 1 unspecified atom stereocenters. The van der Waals surface area contributed by atoms with E-state index in [1.54, 1.807) is 0 Å². The summed E-state index contributed by atoms with van der Waals surface area (Å²) >= 11 is 0. The number of hydrogen-bond donors (Lipinski definition) is 0. The van der Waals surface area contributed by atoms with Crippen molar-refractivity contribution in [3.05, 3.63) is 0 Å². The highest BCUT2D eigenvalue weighted by molar-refractivity contribution is 7.53. The van der Waals surface area contributed by atoms with E-state index in [0.717, 1.165) is 0 Å². The Balaban J connectivity index is 2.39. The van der Waals surface area contributed by atoms with Gasteiger partial charge in [0.05, 0.1) is 12.6 Å². The summed E-state index contributed by atoms with van der Waals surface area (Å²) in [4.78, 5) is 10.4. The minimum Gasteiger partial charge on any atom is -0.461 e. The van der Waals surface area contributed by atoms with E-state index < -0.39 is 7.60 Å². The van der Waals surface area contributed by atoms with Crippen LogP contribution < -0.4 is 0 Å². The molecular formula is C6H11O5P. The average Bonchev–Trinajstić information content (AvgIpc) is 2.02. The Morgan fingerprint density at radius 3 is 2.42 bits per heavy atom. The van der Waals surface area contributed by atoms with Crippen molar-refractivity contribution in [1.82, 2.24) is 0 Å². The molecule has 1 atom stereocenters. The Morgan fingerprint density at radius 1 is 1.58 bits per heavy atom. The second-order valence-corrected chi connectivity index (χ2v) is 4.79. The molecule has 0 aromatic heterocycles. The van der Waals surface area contributed by atoms with Crippen LogP contribution in [0.25, 0.3) is 0 Å². The number of esters is 1. The zero-order valence-electron chi connectivity index (χ0n) is 6.98. The highest BCUT2D eigenvalue weighted by atomic mass is 31.2. The normalized spacial score (nSPS) is 23.2. The van der Waals surface area contributed by atoms with Gasteiger partial charge in [0.1, 0.15) is 6.10 Å². The number of rotatable bonds is 4. The Labute approximate surface area is 70.5 Å². The fourth-order valence-electron chi connectivity index (χ4n) is 0.937. The van der Waals surface area contributed by atoms with Gasteiger partial charge in [0.25, 0.3) is 0 Å². The molecule has 1 saturated heterocycles. The standard InChI is InChI=1S/C6H11O5P/c1-9-12(8,10-2)4-5-3-6(7)11-5/h5H,3-4H2,1-2H3. The third kappa shape index (κ3) is 2.06. The molecule has 6 heteroatoms. The van der Waals surface area contributed by atoms with Crippen molar-refractivity contribution in [2.45, 2.75) is 12.5 Å². The van der Waals surface area contributed by atoms with Crippen LogP contribution in [0.4, 0.5) is 0 Å². The van der Waals surface area contributed by atoms with Gasteiger partial charge < -0.3 is 13.8 Å². The minimum atomic E-state index is -3.01. The molecule has 0 radical (unpaired) electrons. The second kappa shape index (κ2) is 3.56. The van der Waals surface area contributed by atoms with Gasteiger partial charge in [-0.05, 0) is 0 Å². The highest BCUT2D eigenvalue weighted by Gasteiger charge is 2.36. The lowest BCUT2D eigenvalue weighted by molar-refractivity contribution is -0.167. The van der Waals surface area contributed by atoms with Gasteiger partial charge in [0, 0.05) is 14.2 Å². The zero-order valence-corrected chi connectivity index (χ0v) is 7.87. The number of carbonyl (C=O) groups excluding carboxylic acids is 1. The molecule has 1 aliphatic heterocycles. The summed E-state index contributed by atoms with van der Waals surface area (Å²) in [7, 11) is -0.386. The molecule has 1 heterocycles. The lowest BCUT2D eigenvalue weighted by Gasteiger charge is -2.27. The average molecular weight is 194 g/mol. The van der Waals surface area contributed by atoms with Crippen LogP contribution in [0.2, 0.25) is 0 Å². The molecule has 0 spiro atoms. The molecule has 0 N–H and O–H groups in total. The maximum Gasteiger partial charge on any atom is 0.333 e. The maximum absolute atomic E-state index is 11.4. The first-order chi connectivity index (χ1) is 5.59. The predicted octanol–water partition coefficient (Wildman–Crippen LogP) is 0.788. The molecule has 70 valence electrons. The molecule has 1 rings (SSSR count). The van der Waals surface area contributed by atoms with E-state index in [-0.39, 0.29) is 18.2 Å². The van der Waals surface area contributed by atoms with Crippen molar-refractivity contribution in [2.24, 2.45) is 0 Å². The first kappa shape index (κ1) is 9.71. The van der Waals surface area contributed by atoms with E-state index in [1.165, 1.54) is 14.2 Å². The minimum absolute atomic E-state index is 0.145. The van der Waals surface area contributed by atoms with Gasteiger partial charge in [-0.2, -0.15) is 0 Å². The van der Waals surface area contributed by atoms with Gasteiger partial charge in [0.15, 0.2) is 0 Å². The van der Waals surface area contributed by atoms with Crippen molar-refractivity contribution in [3.8, 4) is 0 Å². The number of carbonyl (C=O) groups is 1. The van der Waals surface area contributed by atoms with Gasteiger partial charge in [-0.15, -0.1) is 0 Å². The quantitative estimate of drug-likeness (QED) is 0.489. The topological polar surface area (TPSA) is 61.8 Å². The molecule has 0 aromatic carbocycles. The van der Waals surface area contributed by atoms with Crippen LogP contribution in [-0.2, 0) is 23.1 Å². The van der Waals surface area contributed by atoms with E-state index in [1.807, 2.05) is 0 Å².